The smallest absolute Gasteiger partial charge is 0.224 e. The molecule has 1 unspecified atom stereocenters. The predicted octanol–water partition coefficient (Wildman–Crippen LogP) is 3.60. The van der Waals surface area contributed by atoms with Crippen molar-refractivity contribution in [2.75, 3.05) is 7.05 Å². The van der Waals surface area contributed by atoms with Crippen molar-refractivity contribution in [1.29, 1.82) is 0 Å². The topological polar surface area (TPSA) is 34.2 Å². The second kappa shape index (κ2) is 5.80. The van der Waals surface area contributed by atoms with E-state index in [1.54, 1.807) is 31.3 Å². The summed E-state index contributed by atoms with van der Waals surface area (Å²) in [5.41, 5.74) is 1.45. The summed E-state index contributed by atoms with van der Waals surface area (Å²) in [7, 11) is 1.86. The molecular weight excluding hydrogens is 243 g/mol. The van der Waals surface area contributed by atoms with Crippen LogP contribution >= 0.6 is 0 Å². The van der Waals surface area contributed by atoms with Gasteiger partial charge in [0.15, 0.2) is 11.6 Å². The highest BCUT2D eigenvalue weighted by Gasteiger charge is 2.14. The Labute approximate surface area is 112 Å². The summed E-state index contributed by atoms with van der Waals surface area (Å²) in [6.45, 7) is 3.70. The Balaban J connectivity index is 2.36. The van der Waals surface area contributed by atoms with Crippen molar-refractivity contribution in [2.45, 2.75) is 19.9 Å². The van der Waals surface area contributed by atoms with Gasteiger partial charge in [-0.1, -0.05) is 18.2 Å². The maximum atomic E-state index is 13.9. The van der Waals surface area contributed by atoms with Crippen molar-refractivity contribution in [2.24, 2.45) is 0 Å². The monoisotopic (exact) mass is 260 g/mol. The quantitative estimate of drug-likeness (QED) is 0.912. The van der Waals surface area contributed by atoms with Gasteiger partial charge in [-0.3, -0.25) is 0 Å². The zero-order valence-electron chi connectivity index (χ0n) is 11.3. The van der Waals surface area contributed by atoms with Crippen LogP contribution in [-0.4, -0.2) is 12.0 Å². The van der Waals surface area contributed by atoms with Crippen LogP contribution in [0, 0.1) is 12.7 Å². The van der Waals surface area contributed by atoms with Gasteiger partial charge >= 0.3 is 0 Å². The molecule has 0 radical (unpaired) electrons. The number of hydrogen-bond donors (Lipinski definition) is 1. The molecule has 1 atom stereocenters. The molecule has 1 heterocycles. The van der Waals surface area contributed by atoms with E-state index in [4.69, 9.17) is 4.74 Å². The third kappa shape index (κ3) is 2.90. The molecule has 0 bridgehead atoms. The van der Waals surface area contributed by atoms with Gasteiger partial charge in [0.2, 0.25) is 5.88 Å². The average molecular weight is 260 g/mol. The van der Waals surface area contributed by atoms with E-state index in [2.05, 4.69) is 10.3 Å². The van der Waals surface area contributed by atoms with Crippen LogP contribution in [0.5, 0.6) is 11.6 Å². The number of hydrogen-bond acceptors (Lipinski definition) is 3. The molecule has 3 nitrogen and oxygen atoms in total. The van der Waals surface area contributed by atoms with Gasteiger partial charge in [-0.15, -0.1) is 0 Å². The van der Waals surface area contributed by atoms with Crippen molar-refractivity contribution in [3.63, 3.8) is 0 Å². The molecule has 0 amide bonds. The van der Waals surface area contributed by atoms with Crippen LogP contribution in [0.2, 0.25) is 0 Å². The van der Waals surface area contributed by atoms with Crippen LogP contribution in [0.1, 0.15) is 24.1 Å². The van der Waals surface area contributed by atoms with Crippen LogP contribution in [0.3, 0.4) is 0 Å². The van der Waals surface area contributed by atoms with Crippen LogP contribution in [-0.2, 0) is 0 Å². The Morgan fingerprint density at radius 3 is 2.79 bits per heavy atom. The molecule has 0 saturated heterocycles. The van der Waals surface area contributed by atoms with Crippen molar-refractivity contribution in [3.05, 3.63) is 53.5 Å². The number of ether oxygens (including phenoxy) is 1. The molecule has 100 valence electrons. The standard InChI is InChI=1S/C15H17FN2O/c1-10-6-4-8-13(14(10)16)19-15-12(11(2)17-3)7-5-9-18-15/h4-9,11,17H,1-3H3. The number of nitrogens with zero attached hydrogens (tertiary/aromatic N) is 1. The molecule has 0 spiro atoms. The molecule has 0 fully saturated rings. The number of pyridine rings is 1. The fourth-order valence-electron chi connectivity index (χ4n) is 1.78. The van der Waals surface area contributed by atoms with Crippen molar-refractivity contribution in [3.8, 4) is 11.6 Å². The molecule has 2 rings (SSSR count). The fraction of sp³-hybridized carbons (Fsp3) is 0.267. The molecule has 4 heteroatoms. The third-order valence-electron chi connectivity index (χ3n) is 3.06. The molecular formula is C15H17FN2O. The van der Waals surface area contributed by atoms with E-state index >= 15 is 0 Å². The number of aromatic nitrogens is 1. The van der Waals surface area contributed by atoms with E-state index < -0.39 is 0 Å². The molecule has 0 aliphatic carbocycles. The van der Waals surface area contributed by atoms with Crippen molar-refractivity contribution < 1.29 is 9.13 Å². The Kier molecular flexibility index (Phi) is 4.12. The molecule has 19 heavy (non-hydrogen) atoms. The summed E-state index contributed by atoms with van der Waals surface area (Å²) >= 11 is 0. The number of nitrogens with one attached hydrogen (secondary N) is 1. The summed E-state index contributed by atoms with van der Waals surface area (Å²) in [5.74, 6) is 0.272. The highest BCUT2D eigenvalue weighted by molar-refractivity contribution is 5.36. The van der Waals surface area contributed by atoms with Crippen LogP contribution in [0.4, 0.5) is 4.39 Å². The minimum absolute atomic E-state index is 0.0802. The molecule has 2 aromatic rings. The average Bonchev–Trinajstić information content (AvgIpc) is 2.43. The summed E-state index contributed by atoms with van der Waals surface area (Å²) in [6.07, 6.45) is 1.63. The second-order valence-electron chi connectivity index (χ2n) is 4.40. The fourth-order valence-corrected chi connectivity index (χ4v) is 1.78. The third-order valence-corrected chi connectivity index (χ3v) is 3.06. The molecule has 1 aromatic heterocycles. The minimum Gasteiger partial charge on any atom is -0.436 e. The van der Waals surface area contributed by atoms with Crippen LogP contribution in [0.25, 0.3) is 0 Å². The van der Waals surface area contributed by atoms with Gasteiger partial charge in [-0.2, -0.15) is 0 Å². The van der Waals surface area contributed by atoms with Gasteiger partial charge in [-0.25, -0.2) is 9.37 Å². The highest BCUT2D eigenvalue weighted by Crippen LogP contribution is 2.29. The Morgan fingerprint density at radius 2 is 2.05 bits per heavy atom. The zero-order chi connectivity index (χ0) is 13.8. The van der Waals surface area contributed by atoms with Gasteiger partial charge in [0.1, 0.15) is 0 Å². The molecule has 0 saturated carbocycles. The largest absolute Gasteiger partial charge is 0.436 e. The first-order valence-corrected chi connectivity index (χ1v) is 6.18. The number of aryl methyl sites for hydroxylation is 1. The number of rotatable bonds is 4. The summed E-state index contributed by atoms with van der Waals surface area (Å²) < 4.78 is 19.6. The zero-order valence-corrected chi connectivity index (χ0v) is 11.3. The molecule has 0 aliphatic heterocycles. The summed E-state index contributed by atoms with van der Waals surface area (Å²) in [4.78, 5) is 4.18. The SMILES string of the molecule is CNC(C)c1cccnc1Oc1cccc(C)c1F. The molecule has 0 aliphatic rings. The van der Waals surface area contributed by atoms with Crippen LogP contribution < -0.4 is 10.1 Å². The number of halogens is 1. The lowest BCUT2D eigenvalue weighted by Gasteiger charge is -2.15. The summed E-state index contributed by atoms with van der Waals surface area (Å²) in [6, 6.07) is 8.90. The van der Waals surface area contributed by atoms with E-state index in [1.165, 1.54) is 0 Å². The predicted molar refractivity (Wildman–Crippen MR) is 72.9 cm³/mol. The number of benzene rings is 1. The van der Waals surface area contributed by atoms with Gasteiger partial charge < -0.3 is 10.1 Å². The van der Waals surface area contributed by atoms with Gasteiger partial charge in [0, 0.05) is 17.8 Å². The molecule has 1 N–H and O–H groups in total. The van der Waals surface area contributed by atoms with E-state index in [1.807, 2.05) is 26.1 Å². The minimum atomic E-state index is -0.351. The second-order valence-corrected chi connectivity index (χ2v) is 4.40. The van der Waals surface area contributed by atoms with Gasteiger partial charge in [0.25, 0.3) is 0 Å². The first-order chi connectivity index (χ1) is 9.13. The Morgan fingerprint density at radius 1 is 1.26 bits per heavy atom. The van der Waals surface area contributed by atoms with E-state index in [0.717, 1.165) is 5.56 Å². The summed E-state index contributed by atoms with van der Waals surface area (Å²) in [5, 5.41) is 3.12. The van der Waals surface area contributed by atoms with Gasteiger partial charge in [0.05, 0.1) is 0 Å². The van der Waals surface area contributed by atoms with Crippen LogP contribution in [0.15, 0.2) is 36.5 Å². The first-order valence-electron chi connectivity index (χ1n) is 6.18. The van der Waals surface area contributed by atoms with E-state index in [9.17, 15) is 4.39 Å². The Bertz CT molecular complexity index is 572. The normalized spacial score (nSPS) is 12.2. The molecule has 1 aromatic carbocycles. The highest BCUT2D eigenvalue weighted by atomic mass is 19.1. The first kappa shape index (κ1) is 13.5. The van der Waals surface area contributed by atoms with Crippen molar-refractivity contribution in [1.82, 2.24) is 10.3 Å². The van der Waals surface area contributed by atoms with Crippen molar-refractivity contribution >= 4 is 0 Å². The lowest BCUT2D eigenvalue weighted by atomic mass is 10.1. The maximum absolute atomic E-state index is 13.9. The lowest BCUT2D eigenvalue weighted by Crippen LogP contribution is -2.13. The lowest BCUT2D eigenvalue weighted by molar-refractivity contribution is 0.415. The Hall–Kier alpha value is -1.94. The van der Waals surface area contributed by atoms with E-state index in [0.29, 0.717) is 11.4 Å². The van der Waals surface area contributed by atoms with Gasteiger partial charge in [-0.05, 0) is 38.6 Å². The maximum Gasteiger partial charge on any atom is 0.224 e. The van der Waals surface area contributed by atoms with E-state index in [-0.39, 0.29) is 17.6 Å².